The third-order valence-electron chi connectivity index (χ3n) is 3.45. The van der Waals surface area contributed by atoms with Gasteiger partial charge in [0.25, 0.3) is 11.5 Å². The summed E-state index contributed by atoms with van der Waals surface area (Å²) < 4.78 is 1.35. The van der Waals surface area contributed by atoms with Crippen LogP contribution < -0.4 is 10.9 Å². The number of fused-ring (bicyclic) bond motifs is 1. The second-order valence-electron chi connectivity index (χ2n) is 5.03. The number of nitrogens with zero attached hydrogens (tertiary/aromatic N) is 3. The predicted molar refractivity (Wildman–Crippen MR) is 99.9 cm³/mol. The smallest absolute Gasteiger partial charge is 0.271 e. The van der Waals surface area contributed by atoms with Gasteiger partial charge in [0.2, 0.25) is 0 Å². The first-order valence-corrected chi connectivity index (χ1v) is 9.23. The Kier molecular flexibility index (Phi) is 4.08. The maximum Gasteiger partial charge on any atom is 0.271 e. The molecule has 0 aliphatic heterocycles. The molecule has 0 fully saturated rings. The average Bonchev–Trinajstić information content (AvgIpc) is 3.25. The fourth-order valence-corrected chi connectivity index (χ4v) is 3.75. The summed E-state index contributed by atoms with van der Waals surface area (Å²) in [4.78, 5) is 33.7. The number of hydrogen-bond acceptors (Lipinski definition) is 6. The number of carbonyl (C=O) groups is 1. The van der Waals surface area contributed by atoms with E-state index in [-0.39, 0.29) is 5.56 Å². The molecule has 1 amide bonds. The highest BCUT2D eigenvalue weighted by atomic mass is 35.5. The SMILES string of the molecule is O=C(Nc1nc(-c2ccc(Cl)cc2)cs1)c1cnc2sccn2c1=O. The molecular weight excluding hydrogens is 380 g/mol. The van der Waals surface area contributed by atoms with Gasteiger partial charge in [0.05, 0.1) is 5.69 Å². The third-order valence-corrected chi connectivity index (χ3v) is 5.23. The Morgan fingerprint density at radius 3 is 2.80 bits per heavy atom. The molecule has 6 nitrogen and oxygen atoms in total. The second-order valence-corrected chi connectivity index (χ2v) is 7.20. The van der Waals surface area contributed by atoms with E-state index in [0.29, 0.717) is 15.1 Å². The fourth-order valence-electron chi connectivity index (χ4n) is 2.23. The zero-order valence-corrected chi connectivity index (χ0v) is 14.9. The molecule has 0 atom stereocenters. The quantitative estimate of drug-likeness (QED) is 0.579. The van der Waals surface area contributed by atoms with E-state index >= 15 is 0 Å². The summed E-state index contributed by atoms with van der Waals surface area (Å²) in [5.41, 5.74) is 1.18. The molecule has 9 heteroatoms. The highest BCUT2D eigenvalue weighted by molar-refractivity contribution is 7.15. The van der Waals surface area contributed by atoms with E-state index in [9.17, 15) is 9.59 Å². The van der Waals surface area contributed by atoms with Crippen LogP contribution >= 0.6 is 34.3 Å². The van der Waals surface area contributed by atoms with Gasteiger partial charge in [0, 0.05) is 33.7 Å². The van der Waals surface area contributed by atoms with Crippen LogP contribution in [0.15, 0.2) is 52.2 Å². The van der Waals surface area contributed by atoms with Gasteiger partial charge in [-0.1, -0.05) is 23.7 Å². The number of carbonyl (C=O) groups excluding carboxylic acids is 1. The molecule has 1 aromatic carbocycles. The van der Waals surface area contributed by atoms with Gasteiger partial charge in [0.15, 0.2) is 10.1 Å². The summed E-state index contributed by atoms with van der Waals surface area (Å²) in [5.74, 6) is -0.532. The molecule has 25 heavy (non-hydrogen) atoms. The largest absolute Gasteiger partial charge is 0.298 e. The minimum Gasteiger partial charge on any atom is -0.298 e. The fraction of sp³-hybridized carbons (Fsp3) is 0. The first-order chi connectivity index (χ1) is 12.1. The molecule has 0 saturated carbocycles. The zero-order valence-electron chi connectivity index (χ0n) is 12.5. The molecule has 0 bridgehead atoms. The van der Waals surface area contributed by atoms with Crippen molar-refractivity contribution in [1.29, 1.82) is 0 Å². The van der Waals surface area contributed by atoms with Crippen molar-refractivity contribution in [2.24, 2.45) is 0 Å². The van der Waals surface area contributed by atoms with Gasteiger partial charge in [-0.05, 0) is 12.1 Å². The molecule has 4 rings (SSSR count). The van der Waals surface area contributed by atoms with Gasteiger partial charge in [-0.25, -0.2) is 9.97 Å². The number of halogens is 1. The first-order valence-electron chi connectivity index (χ1n) is 7.09. The minimum atomic E-state index is -0.532. The summed E-state index contributed by atoms with van der Waals surface area (Å²) >= 11 is 8.49. The lowest BCUT2D eigenvalue weighted by molar-refractivity contribution is 0.102. The maximum atomic E-state index is 12.4. The molecule has 0 spiro atoms. The van der Waals surface area contributed by atoms with Gasteiger partial charge >= 0.3 is 0 Å². The van der Waals surface area contributed by atoms with Crippen molar-refractivity contribution in [3.63, 3.8) is 0 Å². The summed E-state index contributed by atoms with van der Waals surface area (Å²) in [6.45, 7) is 0. The Labute approximate surface area is 154 Å². The van der Waals surface area contributed by atoms with Crippen LogP contribution in [-0.4, -0.2) is 20.3 Å². The number of rotatable bonds is 3. The van der Waals surface area contributed by atoms with Crippen molar-refractivity contribution >= 4 is 50.3 Å². The van der Waals surface area contributed by atoms with Crippen LogP contribution in [0.3, 0.4) is 0 Å². The number of aromatic nitrogens is 3. The molecule has 4 aromatic rings. The lowest BCUT2D eigenvalue weighted by Crippen LogP contribution is -2.25. The van der Waals surface area contributed by atoms with E-state index < -0.39 is 11.5 Å². The summed E-state index contributed by atoms with van der Waals surface area (Å²) in [7, 11) is 0. The molecule has 124 valence electrons. The van der Waals surface area contributed by atoms with E-state index in [4.69, 9.17) is 11.6 Å². The van der Waals surface area contributed by atoms with Crippen LogP contribution in [0.5, 0.6) is 0 Å². The molecular formula is C16H9ClN4O2S2. The van der Waals surface area contributed by atoms with Crippen LogP contribution in [0.25, 0.3) is 16.2 Å². The minimum absolute atomic E-state index is 0.0286. The molecule has 3 heterocycles. The lowest BCUT2D eigenvalue weighted by atomic mass is 10.2. The van der Waals surface area contributed by atoms with Crippen molar-refractivity contribution in [1.82, 2.24) is 14.4 Å². The summed E-state index contributed by atoms with van der Waals surface area (Å²) in [6, 6.07) is 7.25. The van der Waals surface area contributed by atoms with E-state index in [1.807, 2.05) is 17.5 Å². The van der Waals surface area contributed by atoms with Crippen molar-refractivity contribution in [2.75, 3.05) is 5.32 Å². The number of thiazole rings is 2. The van der Waals surface area contributed by atoms with Crippen LogP contribution in [0.1, 0.15) is 10.4 Å². The maximum absolute atomic E-state index is 12.4. The summed E-state index contributed by atoms with van der Waals surface area (Å²) in [5, 5.41) is 7.27. The molecule has 1 N–H and O–H groups in total. The molecule has 0 unspecified atom stereocenters. The van der Waals surface area contributed by atoms with Gasteiger partial charge in [0.1, 0.15) is 5.56 Å². The van der Waals surface area contributed by atoms with E-state index in [0.717, 1.165) is 11.3 Å². The first kappa shape index (κ1) is 15.9. The normalized spacial score (nSPS) is 10.9. The van der Waals surface area contributed by atoms with Gasteiger partial charge in [-0.15, -0.1) is 22.7 Å². The van der Waals surface area contributed by atoms with Crippen LogP contribution in [0.4, 0.5) is 5.13 Å². The number of amides is 1. The lowest BCUT2D eigenvalue weighted by Gasteiger charge is -2.01. The third kappa shape index (κ3) is 3.07. The Balaban J connectivity index is 1.59. The van der Waals surface area contributed by atoms with Crippen LogP contribution in [0, 0.1) is 0 Å². The highest BCUT2D eigenvalue weighted by Crippen LogP contribution is 2.26. The standard InChI is InChI=1S/C16H9ClN4O2S2/c17-10-3-1-9(2-4-10)12-8-25-15(19-12)20-13(22)11-7-18-16-21(14(11)23)5-6-24-16/h1-8H,(H,19,20,22). The Morgan fingerprint density at radius 2 is 2.00 bits per heavy atom. The molecule has 3 aromatic heterocycles. The average molecular weight is 389 g/mol. The predicted octanol–water partition coefficient (Wildman–Crippen LogP) is 3.79. The Hall–Kier alpha value is -2.55. The van der Waals surface area contributed by atoms with Crippen LogP contribution in [0.2, 0.25) is 5.02 Å². The van der Waals surface area contributed by atoms with Crippen molar-refractivity contribution in [3.05, 3.63) is 68.4 Å². The van der Waals surface area contributed by atoms with Crippen molar-refractivity contribution in [3.8, 4) is 11.3 Å². The number of anilines is 1. The molecule has 0 saturated heterocycles. The molecule has 0 aliphatic rings. The van der Waals surface area contributed by atoms with Gasteiger partial charge in [-0.3, -0.25) is 19.3 Å². The molecule has 0 radical (unpaired) electrons. The number of benzene rings is 1. The van der Waals surface area contributed by atoms with E-state index in [1.54, 1.807) is 23.7 Å². The van der Waals surface area contributed by atoms with E-state index in [2.05, 4.69) is 15.3 Å². The number of nitrogens with one attached hydrogen (secondary N) is 1. The molecule has 0 aliphatic carbocycles. The summed E-state index contributed by atoms with van der Waals surface area (Å²) in [6.07, 6.45) is 2.88. The highest BCUT2D eigenvalue weighted by Gasteiger charge is 2.15. The van der Waals surface area contributed by atoms with Gasteiger partial charge in [-0.2, -0.15) is 0 Å². The zero-order chi connectivity index (χ0) is 17.4. The monoisotopic (exact) mass is 388 g/mol. The van der Waals surface area contributed by atoms with Crippen LogP contribution in [-0.2, 0) is 0 Å². The second kappa shape index (κ2) is 6.40. The topological polar surface area (TPSA) is 76.4 Å². The Bertz CT molecular complexity index is 1130. The van der Waals surface area contributed by atoms with E-state index in [1.165, 1.54) is 33.3 Å². The number of hydrogen-bond donors (Lipinski definition) is 1. The Morgan fingerprint density at radius 1 is 1.20 bits per heavy atom. The van der Waals surface area contributed by atoms with Gasteiger partial charge < -0.3 is 0 Å². The van der Waals surface area contributed by atoms with Crippen molar-refractivity contribution < 1.29 is 4.79 Å². The van der Waals surface area contributed by atoms with Crippen molar-refractivity contribution in [2.45, 2.75) is 0 Å².